The van der Waals surface area contributed by atoms with E-state index in [0.29, 0.717) is 27.6 Å². The van der Waals surface area contributed by atoms with Gasteiger partial charge >= 0.3 is 0 Å². The van der Waals surface area contributed by atoms with Gasteiger partial charge in [0.05, 0.1) is 16.1 Å². The van der Waals surface area contributed by atoms with Crippen molar-refractivity contribution in [1.82, 2.24) is 14.6 Å². The van der Waals surface area contributed by atoms with E-state index >= 15 is 0 Å². The molecular formula is C14H8Cl2FN5S. The minimum absolute atomic E-state index is 0.00485. The number of hydrogen-bond acceptors (Lipinski definition) is 5. The van der Waals surface area contributed by atoms with Gasteiger partial charge < -0.3 is 5.32 Å². The van der Waals surface area contributed by atoms with Crippen LogP contribution >= 0.6 is 35.0 Å². The summed E-state index contributed by atoms with van der Waals surface area (Å²) in [6, 6.07) is 4.28. The second kappa shape index (κ2) is 6.24. The summed E-state index contributed by atoms with van der Waals surface area (Å²) in [6.07, 6.45) is 1.54. The lowest BCUT2D eigenvalue weighted by Gasteiger charge is -2.13. The molecule has 0 aliphatic carbocycles. The molecule has 0 spiro atoms. The van der Waals surface area contributed by atoms with Crippen LogP contribution < -0.4 is 5.32 Å². The fraction of sp³-hybridized carbons (Fsp3) is 0.0714. The molecule has 1 N–H and O–H groups in total. The zero-order chi connectivity index (χ0) is 16.6. The zero-order valence-electron chi connectivity index (χ0n) is 11.6. The summed E-state index contributed by atoms with van der Waals surface area (Å²) in [5, 5.41) is 18.4. The Morgan fingerprint density at radius 3 is 2.87 bits per heavy atom. The van der Waals surface area contributed by atoms with Crippen molar-refractivity contribution in [3.05, 3.63) is 46.0 Å². The van der Waals surface area contributed by atoms with Crippen LogP contribution in [0.25, 0.3) is 5.65 Å². The average molecular weight is 368 g/mol. The van der Waals surface area contributed by atoms with Gasteiger partial charge in [-0.05, 0) is 36.9 Å². The van der Waals surface area contributed by atoms with Crippen molar-refractivity contribution in [1.29, 1.82) is 5.26 Å². The Morgan fingerprint density at radius 2 is 2.17 bits per heavy atom. The number of rotatable bonds is 3. The third kappa shape index (κ3) is 2.93. The van der Waals surface area contributed by atoms with Gasteiger partial charge in [-0.1, -0.05) is 23.2 Å². The van der Waals surface area contributed by atoms with E-state index < -0.39 is 5.82 Å². The number of hydrogen-bond donors (Lipinski definition) is 1. The number of nitrogens with one attached hydrogen (secondary N) is 1. The Labute approximate surface area is 145 Å². The summed E-state index contributed by atoms with van der Waals surface area (Å²) in [6.45, 7) is 1.78. The molecule has 1 aromatic carbocycles. The van der Waals surface area contributed by atoms with Gasteiger partial charge in [0, 0.05) is 11.3 Å². The molecule has 116 valence electrons. The van der Waals surface area contributed by atoms with Crippen LogP contribution in [0, 0.1) is 23.4 Å². The Bertz CT molecular complexity index is 950. The highest BCUT2D eigenvalue weighted by molar-refractivity contribution is 8.03. The topological polar surface area (TPSA) is 66.0 Å². The molecule has 0 aliphatic rings. The fourth-order valence-corrected chi connectivity index (χ4v) is 2.78. The number of nitrogens with zero attached hydrogens (tertiary/aromatic N) is 4. The Hall–Kier alpha value is -2.01. The lowest BCUT2D eigenvalue weighted by Crippen LogP contribution is -2.05. The lowest BCUT2D eigenvalue weighted by atomic mass is 10.3. The van der Waals surface area contributed by atoms with Crippen LogP contribution in [0.4, 0.5) is 15.9 Å². The van der Waals surface area contributed by atoms with E-state index in [1.165, 1.54) is 22.8 Å². The lowest BCUT2D eigenvalue weighted by molar-refractivity contribution is 0.628. The number of thioether (sulfide) groups is 1. The van der Waals surface area contributed by atoms with E-state index in [4.69, 9.17) is 28.5 Å². The van der Waals surface area contributed by atoms with E-state index in [0.717, 1.165) is 11.8 Å². The van der Waals surface area contributed by atoms with E-state index in [9.17, 15) is 4.39 Å². The van der Waals surface area contributed by atoms with Crippen LogP contribution in [0.5, 0.6) is 0 Å². The molecular weight excluding hydrogens is 360 g/mol. The number of fused-ring (bicyclic) bond motifs is 1. The maximum atomic E-state index is 13.3. The maximum absolute atomic E-state index is 13.3. The van der Waals surface area contributed by atoms with Gasteiger partial charge in [-0.3, -0.25) is 0 Å². The number of benzene rings is 1. The third-order valence-corrected chi connectivity index (χ3v) is 4.39. The SMILES string of the molecule is Cc1c(Cl)nc2c(SC#N)cnn2c1Nc1ccc(F)c(Cl)c1. The van der Waals surface area contributed by atoms with Crippen molar-refractivity contribution in [2.75, 3.05) is 5.32 Å². The predicted molar refractivity (Wildman–Crippen MR) is 88.9 cm³/mol. The van der Waals surface area contributed by atoms with Crippen LogP contribution in [0.2, 0.25) is 10.2 Å². The van der Waals surface area contributed by atoms with Gasteiger partial charge in [0.25, 0.3) is 0 Å². The molecule has 0 saturated heterocycles. The number of thiocyanates is 1. The highest BCUT2D eigenvalue weighted by atomic mass is 35.5. The van der Waals surface area contributed by atoms with Gasteiger partial charge in [-0.2, -0.15) is 14.9 Å². The van der Waals surface area contributed by atoms with Crippen molar-refractivity contribution in [2.45, 2.75) is 11.8 Å². The van der Waals surface area contributed by atoms with Crippen LogP contribution in [0.1, 0.15) is 5.56 Å². The quantitative estimate of drug-likeness (QED) is 0.409. The van der Waals surface area contributed by atoms with Crippen molar-refractivity contribution in [3.8, 4) is 5.40 Å². The van der Waals surface area contributed by atoms with Crippen molar-refractivity contribution >= 4 is 52.1 Å². The molecule has 0 amide bonds. The third-order valence-electron chi connectivity index (χ3n) is 3.13. The predicted octanol–water partition coefficient (Wildman–Crippen LogP) is 4.80. The monoisotopic (exact) mass is 367 g/mol. The summed E-state index contributed by atoms with van der Waals surface area (Å²) in [5.74, 6) is 0.0612. The van der Waals surface area contributed by atoms with E-state index in [1.807, 2.05) is 5.40 Å². The van der Waals surface area contributed by atoms with Gasteiger partial charge in [0.15, 0.2) is 5.65 Å². The molecule has 3 rings (SSSR count). The summed E-state index contributed by atoms with van der Waals surface area (Å²) in [5.41, 5.74) is 1.70. The first-order valence-electron chi connectivity index (χ1n) is 6.33. The summed E-state index contributed by atoms with van der Waals surface area (Å²) in [7, 11) is 0. The normalized spacial score (nSPS) is 10.7. The second-order valence-corrected chi connectivity index (χ2v) is 6.16. The first-order chi connectivity index (χ1) is 11.0. The fourth-order valence-electron chi connectivity index (χ4n) is 2.00. The van der Waals surface area contributed by atoms with E-state index in [-0.39, 0.29) is 10.2 Å². The molecule has 0 atom stereocenters. The average Bonchev–Trinajstić information content (AvgIpc) is 2.90. The highest BCUT2D eigenvalue weighted by Crippen LogP contribution is 2.31. The standard InChI is InChI=1S/C14H8Cl2FN5S/c1-7-12(16)21-14-11(23-6-18)5-19-22(14)13(7)20-8-2-3-10(17)9(15)4-8/h2-5,20H,1H3. The highest BCUT2D eigenvalue weighted by Gasteiger charge is 2.16. The maximum Gasteiger partial charge on any atom is 0.173 e. The molecule has 0 bridgehead atoms. The number of halogens is 3. The van der Waals surface area contributed by atoms with E-state index in [1.54, 1.807) is 13.0 Å². The number of anilines is 2. The summed E-state index contributed by atoms with van der Waals surface area (Å²) in [4.78, 5) is 4.85. The Morgan fingerprint density at radius 1 is 1.39 bits per heavy atom. The molecule has 3 aromatic rings. The van der Waals surface area contributed by atoms with Gasteiger partial charge in [0.2, 0.25) is 0 Å². The molecule has 9 heteroatoms. The van der Waals surface area contributed by atoms with Crippen LogP contribution in [-0.2, 0) is 0 Å². The summed E-state index contributed by atoms with van der Waals surface area (Å²) < 4.78 is 14.8. The first kappa shape index (κ1) is 15.9. The van der Waals surface area contributed by atoms with Crippen LogP contribution in [-0.4, -0.2) is 14.6 Å². The van der Waals surface area contributed by atoms with Crippen molar-refractivity contribution in [3.63, 3.8) is 0 Å². The minimum Gasteiger partial charge on any atom is -0.340 e. The van der Waals surface area contributed by atoms with Crippen molar-refractivity contribution in [2.24, 2.45) is 0 Å². The van der Waals surface area contributed by atoms with Gasteiger partial charge in [0.1, 0.15) is 22.2 Å². The smallest absolute Gasteiger partial charge is 0.173 e. The first-order valence-corrected chi connectivity index (χ1v) is 7.90. The molecule has 2 aromatic heterocycles. The Balaban J connectivity index is 2.14. The van der Waals surface area contributed by atoms with Crippen LogP contribution in [0.15, 0.2) is 29.3 Å². The largest absolute Gasteiger partial charge is 0.340 e. The minimum atomic E-state index is -0.501. The summed E-state index contributed by atoms with van der Waals surface area (Å²) >= 11 is 12.9. The molecule has 2 heterocycles. The molecule has 0 aliphatic heterocycles. The van der Waals surface area contributed by atoms with E-state index in [2.05, 4.69) is 15.4 Å². The van der Waals surface area contributed by atoms with Crippen LogP contribution in [0.3, 0.4) is 0 Å². The number of nitriles is 1. The zero-order valence-corrected chi connectivity index (χ0v) is 14.0. The molecule has 5 nitrogen and oxygen atoms in total. The molecule has 0 fully saturated rings. The molecule has 0 saturated carbocycles. The number of aromatic nitrogens is 3. The molecule has 0 radical (unpaired) electrons. The molecule has 23 heavy (non-hydrogen) atoms. The second-order valence-electron chi connectivity index (χ2n) is 4.57. The van der Waals surface area contributed by atoms with Crippen molar-refractivity contribution < 1.29 is 4.39 Å². The van der Waals surface area contributed by atoms with Gasteiger partial charge in [-0.25, -0.2) is 9.37 Å². The Kier molecular flexibility index (Phi) is 4.31. The molecule has 0 unspecified atom stereocenters. The van der Waals surface area contributed by atoms with Gasteiger partial charge in [-0.15, -0.1) is 0 Å².